The Bertz CT molecular complexity index is 743. The highest BCUT2D eigenvalue weighted by Gasteiger charge is 2.23. The monoisotopic (exact) mass is 326 g/mol. The molecule has 1 atom stereocenters. The van der Waals surface area contributed by atoms with Crippen molar-refractivity contribution in [2.24, 2.45) is 0 Å². The van der Waals surface area contributed by atoms with Crippen LogP contribution in [0.2, 0.25) is 0 Å². The second-order valence-electron chi connectivity index (χ2n) is 5.55. The number of carbonyl (C=O) groups is 2. The minimum atomic E-state index is -0.411. The molecule has 0 aliphatic carbocycles. The quantitative estimate of drug-likeness (QED) is 0.886. The zero-order valence-corrected chi connectivity index (χ0v) is 13.2. The van der Waals surface area contributed by atoms with Gasteiger partial charge in [0.05, 0.1) is 6.54 Å². The van der Waals surface area contributed by atoms with Crippen LogP contribution in [-0.2, 0) is 9.53 Å². The molecule has 1 unspecified atom stereocenters. The molecule has 1 fully saturated rings. The van der Waals surface area contributed by atoms with Crippen molar-refractivity contribution in [1.29, 1.82) is 0 Å². The van der Waals surface area contributed by atoms with E-state index in [-0.39, 0.29) is 18.6 Å². The van der Waals surface area contributed by atoms with Crippen LogP contribution in [-0.4, -0.2) is 25.2 Å². The zero-order chi connectivity index (χ0) is 16.9. The van der Waals surface area contributed by atoms with E-state index < -0.39 is 6.09 Å². The van der Waals surface area contributed by atoms with Crippen molar-refractivity contribution in [2.75, 3.05) is 18.5 Å². The number of ether oxygens (including phenoxy) is 2. The summed E-state index contributed by atoms with van der Waals surface area (Å²) < 4.78 is 10.6. The van der Waals surface area contributed by atoms with Crippen LogP contribution < -0.4 is 15.4 Å². The Hall–Kier alpha value is -3.02. The van der Waals surface area contributed by atoms with E-state index in [1.165, 1.54) is 0 Å². The van der Waals surface area contributed by atoms with Crippen molar-refractivity contribution in [3.05, 3.63) is 59.7 Å². The van der Waals surface area contributed by atoms with E-state index in [9.17, 15) is 9.59 Å². The number of anilines is 1. The summed E-state index contributed by atoms with van der Waals surface area (Å²) in [7, 11) is 0. The predicted octanol–water partition coefficient (Wildman–Crippen LogP) is 2.79. The van der Waals surface area contributed by atoms with Gasteiger partial charge < -0.3 is 20.1 Å². The summed E-state index contributed by atoms with van der Waals surface area (Å²) in [5.41, 5.74) is 2.61. The summed E-state index contributed by atoms with van der Waals surface area (Å²) in [6.07, 6.45) is -0.697. The van der Waals surface area contributed by atoms with Gasteiger partial charge in [0, 0.05) is 5.69 Å². The van der Waals surface area contributed by atoms with Crippen molar-refractivity contribution >= 4 is 17.7 Å². The van der Waals surface area contributed by atoms with Crippen molar-refractivity contribution in [3.63, 3.8) is 0 Å². The van der Waals surface area contributed by atoms with Crippen LogP contribution >= 0.6 is 0 Å². The highest BCUT2D eigenvalue weighted by Crippen LogP contribution is 2.22. The third-order valence-corrected chi connectivity index (χ3v) is 3.61. The van der Waals surface area contributed by atoms with Gasteiger partial charge in [-0.2, -0.15) is 0 Å². The molecule has 24 heavy (non-hydrogen) atoms. The molecular weight excluding hydrogens is 308 g/mol. The van der Waals surface area contributed by atoms with Crippen molar-refractivity contribution in [2.45, 2.75) is 13.0 Å². The van der Waals surface area contributed by atoms with E-state index >= 15 is 0 Å². The smallest absolute Gasteiger partial charge is 0.407 e. The summed E-state index contributed by atoms with van der Waals surface area (Å²) in [4.78, 5) is 23.0. The number of benzene rings is 2. The third kappa shape index (κ3) is 4.04. The third-order valence-electron chi connectivity index (χ3n) is 3.61. The van der Waals surface area contributed by atoms with E-state index in [2.05, 4.69) is 10.6 Å². The second-order valence-corrected chi connectivity index (χ2v) is 5.55. The highest BCUT2D eigenvalue weighted by atomic mass is 16.6. The fourth-order valence-electron chi connectivity index (χ4n) is 2.41. The minimum absolute atomic E-state index is 0.0602. The summed E-state index contributed by atoms with van der Waals surface area (Å²) in [5.74, 6) is 0.425. The average Bonchev–Trinajstić information content (AvgIpc) is 3.00. The zero-order valence-electron chi connectivity index (χ0n) is 13.2. The highest BCUT2D eigenvalue weighted by molar-refractivity contribution is 5.91. The molecule has 2 amide bonds. The molecule has 0 saturated carbocycles. The molecule has 124 valence electrons. The summed E-state index contributed by atoms with van der Waals surface area (Å²) >= 11 is 0. The molecule has 6 nitrogen and oxygen atoms in total. The molecule has 1 saturated heterocycles. The molecule has 1 heterocycles. The van der Waals surface area contributed by atoms with E-state index in [0.29, 0.717) is 18.0 Å². The van der Waals surface area contributed by atoms with Crippen LogP contribution in [0.5, 0.6) is 5.75 Å². The van der Waals surface area contributed by atoms with E-state index in [0.717, 1.165) is 11.1 Å². The number of alkyl carbamates (subject to hydrolysis) is 1. The van der Waals surface area contributed by atoms with Crippen LogP contribution in [0, 0.1) is 6.92 Å². The van der Waals surface area contributed by atoms with Gasteiger partial charge in [-0.3, -0.25) is 4.79 Å². The number of amides is 2. The van der Waals surface area contributed by atoms with Crippen LogP contribution in [0.3, 0.4) is 0 Å². The van der Waals surface area contributed by atoms with Gasteiger partial charge in [0.1, 0.15) is 11.9 Å². The molecule has 0 bridgehead atoms. The Kier molecular flexibility index (Phi) is 4.65. The SMILES string of the molecule is Cc1cccc(OCC(=O)Nc2ccc(C3CNC(=O)O3)cc2)c1. The lowest BCUT2D eigenvalue weighted by atomic mass is 10.1. The van der Waals surface area contributed by atoms with E-state index in [1.54, 1.807) is 12.1 Å². The van der Waals surface area contributed by atoms with E-state index in [1.807, 2.05) is 43.3 Å². The molecule has 1 aliphatic rings. The molecule has 0 aromatic heterocycles. The molecule has 2 aromatic carbocycles. The summed E-state index contributed by atoms with van der Waals surface area (Å²) in [5, 5.41) is 5.37. The molecule has 0 spiro atoms. The number of aryl methyl sites for hydroxylation is 1. The van der Waals surface area contributed by atoms with Gasteiger partial charge in [-0.1, -0.05) is 24.3 Å². The van der Waals surface area contributed by atoms with E-state index in [4.69, 9.17) is 9.47 Å². The average molecular weight is 326 g/mol. The standard InChI is InChI=1S/C18H18N2O4/c1-12-3-2-4-15(9-12)23-11-17(21)20-14-7-5-13(6-8-14)16-10-19-18(22)24-16/h2-9,16H,10-11H2,1H3,(H,19,22)(H,20,21). The molecule has 1 aliphatic heterocycles. The maximum atomic E-state index is 11.9. The van der Waals surface area contributed by atoms with Gasteiger partial charge in [-0.05, 0) is 42.3 Å². The number of nitrogens with one attached hydrogen (secondary N) is 2. The van der Waals surface area contributed by atoms with Crippen LogP contribution in [0.4, 0.5) is 10.5 Å². The topological polar surface area (TPSA) is 76.7 Å². The molecule has 2 N–H and O–H groups in total. The molecule has 3 rings (SSSR count). The number of cyclic esters (lactones) is 1. The largest absolute Gasteiger partial charge is 0.484 e. The first-order valence-electron chi connectivity index (χ1n) is 7.64. The number of carbonyl (C=O) groups excluding carboxylic acids is 2. The minimum Gasteiger partial charge on any atom is -0.484 e. The lowest BCUT2D eigenvalue weighted by Gasteiger charge is -2.10. The molecule has 2 aromatic rings. The summed E-state index contributed by atoms with van der Waals surface area (Å²) in [6.45, 7) is 2.36. The van der Waals surface area contributed by atoms with Gasteiger partial charge in [0.15, 0.2) is 6.61 Å². The Labute approximate surface area is 139 Å². The lowest BCUT2D eigenvalue weighted by Crippen LogP contribution is -2.20. The second kappa shape index (κ2) is 7.04. The Morgan fingerprint density at radius 1 is 1.29 bits per heavy atom. The molecular formula is C18H18N2O4. The van der Waals surface area contributed by atoms with Gasteiger partial charge in [0.2, 0.25) is 0 Å². The summed E-state index contributed by atoms with van der Waals surface area (Å²) in [6, 6.07) is 14.7. The first kappa shape index (κ1) is 15.9. The fourth-order valence-corrected chi connectivity index (χ4v) is 2.41. The van der Waals surface area contributed by atoms with Crippen LogP contribution in [0.15, 0.2) is 48.5 Å². The Morgan fingerprint density at radius 2 is 2.08 bits per heavy atom. The Balaban J connectivity index is 1.52. The van der Waals surface area contributed by atoms with Crippen molar-refractivity contribution in [3.8, 4) is 5.75 Å². The van der Waals surface area contributed by atoms with Crippen molar-refractivity contribution in [1.82, 2.24) is 5.32 Å². The number of hydrogen-bond acceptors (Lipinski definition) is 4. The van der Waals surface area contributed by atoms with Gasteiger partial charge >= 0.3 is 6.09 Å². The first-order chi connectivity index (χ1) is 11.6. The maximum absolute atomic E-state index is 11.9. The molecule has 6 heteroatoms. The number of rotatable bonds is 5. The van der Waals surface area contributed by atoms with Gasteiger partial charge in [-0.15, -0.1) is 0 Å². The lowest BCUT2D eigenvalue weighted by molar-refractivity contribution is -0.118. The van der Waals surface area contributed by atoms with Crippen LogP contribution in [0.1, 0.15) is 17.2 Å². The fraction of sp³-hybridized carbons (Fsp3) is 0.222. The Morgan fingerprint density at radius 3 is 2.75 bits per heavy atom. The van der Waals surface area contributed by atoms with Crippen LogP contribution in [0.25, 0.3) is 0 Å². The van der Waals surface area contributed by atoms with Gasteiger partial charge in [0.25, 0.3) is 5.91 Å². The van der Waals surface area contributed by atoms with Gasteiger partial charge in [-0.25, -0.2) is 4.79 Å². The maximum Gasteiger partial charge on any atom is 0.407 e. The molecule has 0 radical (unpaired) electrons. The first-order valence-corrected chi connectivity index (χ1v) is 7.64. The number of hydrogen-bond donors (Lipinski definition) is 2. The predicted molar refractivity (Wildman–Crippen MR) is 89.0 cm³/mol. The van der Waals surface area contributed by atoms with Crippen molar-refractivity contribution < 1.29 is 19.1 Å². The normalized spacial score (nSPS) is 16.2.